The summed E-state index contributed by atoms with van der Waals surface area (Å²) < 4.78 is 30.2. The van der Waals surface area contributed by atoms with Gasteiger partial charge in [-0.3, -0.25) is 9.69 Å². The molecule has 1 atom stereocenters. The van der Waals surface area contributed by atoms with Crippen molar-refractivity contribution in [2.75, 3.05) is 46.1 Å². The third-order valence-corrected chi connectivity index (χ3v) is 5.74. The number of hydrogen-bond donors (Lipinski definition) is 1. The Kier molecular flexibility index (Phi) is 7.27. The normalized spacial score (nSPS) is 17.6. The predicted octanol–water partition coefficient (Wildman–Crippen LogP) is 3.37. The zero-order chi connectivity index (χ0) is 21.6. The van der Waals surface area contributed by atoms with E-state index in [0.717, 1.165) is 30.6 Å². The maximum absolute atomic E-state index is 13.4. The van der Waals surface area contributed by atoms with Gasteiger partial charge in [-0.05, 0) is 35.4 Å². The van der Waals surface area contributed by atoms with E-state index in [1.54, 1.807) is 18.2 Å². The van der Waals surface area contributed by atoms with E-state index in [1.807, 2.05) is 6.07 Å². The molecule has 1 saturated heterocycles. The first kappa shape index (κ1) is 21.9. The van der Waals surface area contributed by atoms with Gasteiger partial charge in [0.2, 0.25) is 5.91 Å². The molecule has 1 unspecified atom stereocenters. The average molecular weight is 449 g/mol. The Bertz CT molecular complexity index is 903. The highest BCUT2D eigenvalue weighted by molar-refractivity contribution is 6.32. The first-order chi connectivity index (χ1) is 15.1. The van der Waals surface area contributed by atoms with Crippen molar-refractivity contribution in [3.05, 3.63) is 58.4 Å². The molecule has 2 aromatic carbocycles. The van der Waals surface area contributed by atoms with E-state index >= 15 is 0 Å². The van der Waals surface area contributed by atoms with Gasteiger partial charge in [0.1, 0.15) is 5.82 Å². The lowest BCUT2D eigenvalue weighted by molar-refractivity contribution is -0.120. The number of halogens is 2. The number of hydrogen-bond acceptors (Lipinski definition) is 5. The molecule has 0 radical (unpaired) electrons. The average Bonchev–Trinajstić information content (AvgIpc) is 3.02. The van der Waals surface area contributed by atoms with Gasteiger partial charge < -0.3 is 19.5 Å². The minimum Gasteiger partial charge on any atom is -0.489 e. The molecule has 0 aliphatic carbocycles. The Hall–Kier alpha value is -2.35. The third-order valence-electron chi connectivity index (χ3n) is 5.46. The highest BCUT2D eigenvalue weighted by Gasteiger charge is 2.24. The SMILES string of the molecule is O=C(Cc1cc(Cl)c2c(c1)OCCCO2)NCC(c1ccc(F)cc1)N1CCOCC1. The van der Waals surface area contributed by atoms with E-state index in [2.05, 4.69) is 10.2 Å². The van der Waals surface area contributed by atoms with Crippen LogP contribution in [0.3, 0.4) is 0 Å². The van der Waals surface area contributed by atoms with Crippen LogP contribution >= 0.6 is 11.6 Å². The van der Waals surface area contributed by atoms with Crippen LogP contribution in [0.2, 0.25) is 5.02 Å². The van der Waals surface area contributed by atoms with Crippen molar-refractivity contribution in [3.63, 3.8) is 0 Å². The highest BCUT2D eigenvalue weighted by atomic mass is 35.5. The summed E-state index contributed by atoms with van der Waals surface area (Å²) in [5.41, 5.74) is 1.72. The minimum absolute atomic E-state index is 0.0548. The van der Waals surface area contributed by atoms with Gasteiger partial charge in [0.25, 0.3) is 0 Å². The van der Waals surface area contributed by atoms with Crippen molar-refractivity contribution >= 4 is 17.5 Å². The molecule has 166 valence electrons. The molecule has 4 rings (SSSR count). The van der Waals surface area contributed by atoms with E-state index in [4.69, 9.17) is 25.8 Å². The number of nitrogens with one attached hydrogen (secondary N) is 1. The van der Waals surface area contributed by atoms with E-state index in [1.165, 1.54) is 12.1 Å². The maximum Gasteiger partial charge on any atom is 0.224 e. The molecule has 0 aromatic heterocycles. The minimum atomic E-state index is -0.278. The molecule has 1 N–H and O–H groups in total. The molecule has 2 aliphatic rings. The molecule has 2 aliphatic heterocycles. The van der Waals surface area contributed by atoms with Crippen molar-refractivity contribution in [3.8, 4) is 11.5 Å². The fourth-order valence-electron chi connectivity index (χ4n) is 3.88. The van der Waals surface area contributed by atoms with E-state index in [-0.39, 0.29) is 24.2 Å². The molecule has 2 aromatic rings. The van der Waals surface area contributed by atoms with E-state index in [9.17, 15) is 9.18 Å². The number of benzene rings is 2. The van der Waals surface area contributed by atoms with E-state index in [0.29, 0.717) is 49.5 Å². The second-order valence-corrected chi connectivity index (χ2v) is 8.06. The van der Waals surface area contributed by atoms with Crippen LogP contribution in [0.4, 0.5) is 4.39 Å². The molecule has 31 heavy (non-hydrogen) atoms. The lowest BCUT2D eigenvalue weighted by Crippen LogP contribution is -2.44. The van der Waals surface area contributed by atoms with Crippen LogP contribution in [-0.4, -0.2) is 56.9 Å². The van der Waals surface area contributed by atoms with Crippen LogP contribution in [-0.2, 0) is 16.0 Å². The van der Waals surface area contributed by atoms with Crippen molar-refractivity contribution in [1.82, 2.24) is 10.2 Å². The van der Waals surface area contributed by atoms with Crippen LogP contribution in [0.25, 0.3) is 0 Å². The zero-order valence-electron chi connectivity index (χ0n) is 17.2. The molecule has 2 heterocycles. The standard InChI is InChI=1S/C23H26ClFN2O4/c24-19-12-16(13-21-23(19)31-9-1-8-30-21)14-22(28)26-15-20(27-6-10-29-11-7-27)17-2-4-18(25)5-3-17/h2-5,12-13,20H,1,6-11,14-15H2,(H,26,28). The number of carbonyl (C=O) groups excluding carboxylic acids is 1. The first-order valence-corrected chi connectivity index (χ1v) is 10.9. The molecule has 0 saturated carbocycles. The van der Waals surface area contributed by atoms with Crippen LogP contribution < -0.4 is 14.8 Å². The van der Waals surface area contributed by atoms with Crippen molar-refractivity contribution in [2.45, 2.75) is 18.9 Å². The van der Waals surface area contributed by atoms with Crippen LogP contribution in [0.1, 0.15) is 23.6 Å². The molecule has 0 bridgehead atoms. The Balaban J connectivity index is 1.42. The van der Waals surface area contributed by atoms with Gasteiger partial charge in [-0.1, -0.05) is 23.7 Å². The zero-order valence-corrected chi connectivity index (χ0v) is 18.0. The number of carbonyl (C=O) groups is 1. The van der Waals surface area contributed by atoms with Gasteiger partial charge in [0.15, 0.2) is 11.5 Å². The van der Waals surface area contributed by atoms with Gasteiger partial charge in [-0.25, -0.2) is 4.39 Å². The Morgan fingerprint density at radius 3 is 2.61 bits per heavy atom. The smallest absolute Gasteiger partial charge is 0.224 e. The summed E-state index contributed by atoms with van der Waals surface area (Å²) in [4.78, 5) is 15.0. The lowest BCUT2D eigenvalue weighted by Gasteiger charge is -2.35. The van der Waals surface area contributed by atoms with Gasteiger partial charge >= 0.3 is 0 Å². The summed E-state index contributed by atoms with van der Waals surface area (Å²) in [6.07, 6.45) is 0.961. The summed E-state index contributed by atoms with van der Waals surface area (Å²) >= 11 is 6.34. The Labute approximate surface area is 186 Å². The maximum atomic E-state index is 13.4. The molecular formula is C23H26ClFN2O4. The molecule has 8 heteroatoms. The van der Waals surface area contributed by atoms with Crippen molar-refractivity contribution in [1.29, 1.82) is 0 Å². The summed E-state index contributed by atoms with van der Waals surface area (Å²) in [5.74, 6) is 0.711. The highest BCUT2D eigenvalue weighted by Crippen LogP contribution is 2.38. The van der Waals surface area contributed by atoms with Crippen molar-refractivity contribution < 1.29 is 23.4 Å². The molecule has 6 nitrogen and oxygen atoms in total. The quantitative estimate of drug-likeness (QED) is 0.734. The van der Waals surface area contributed by atoms with Gasteiger partial charge in [-0.2, -0.15) is 0 Å². The molecule has 1 fully saturated rings. The van der Waals surface area contributed by atoms with Crippen LogP contribution in [0, 0.1) is 5.82 Å². The fourth-order valence-corrected chi connectivity index (χ4v) is 4.16. The Morgan fingerprint density at radius 2 is 1.84 bits per heavy atom. The number of morpholine rings is 1. The first-order valence-electron chi connectivity index (χ1n) is 10.5. The fraction of sp³-hybridized carbons (Fsp3) is 0.435. The number of fused-ring (bicyclic) bond motifs is 1. The monoisotopic (exact) mass is 448 g/mol. The van der Waals surface area contributed by atoms with Crippen LogP contribution in [0.5, 0.6) is 11.5 Å². The summed E-state index contributed by atoms with van der Waals surface area (Å²) in [7, 11) is 0. The second kappa shape index (κ2) is 10.3. The molecule has 0 spiro atoms. The summed E-state index contributed by atoms with van der Waals surface area (Å²) in [5, 5.41) is 3.47. The van der Waals surface area contributed by atoms with E-state index < -0.39 is 0 Å². The second-order valence-electron chi connectivity index (χ2n) is 7.65. The molecular weight excluding hydrogens is 423 g/mol. The number of nitrogens with zero attached hydrogens (tertiary/aromatic N) is 1. The van der Waals surface area contributed by atoms with Crippen LogP contribution in [0.15, 0.2) is 36.4 Å². The predicted molar refractivity (Wildman–Crippen MR) is 115 cm³/mol. The largest absolute Gasteiger partial charge is 0.489 e. The molecule has 1 amide bonds. The summed E-state index contributed by atoms with van der Waals surface area (Å²) in [6.45, 7) is 4.33. The number of amides is 1. The van der Waals surface area contributed by atoms with Gasteiger partial charge in [0.05, 0.1) is 43.9 Å². The number of ether oxygens (including phenoxy) is 3. The third kappa shape index (κ3) is 5.67. The van der Waals surface area contributed by atoms with Crippen molar-refractivity contribution in [2.24, 2.45) is 0 Å². The lowest BCUT2D eigenvalue weighted by atomic mass is 10.0. The topological polar surface area (TPSA) is 60.0 Å². The van der Waals surface area contributed by atoms with Gasteiger partial charge in [-0.15, -0.1) is 0 Å². The Morgan fingerprint density at radius 1 is 1.10 bits per heavy atom. The van der Waals surface area contributed by atoms with Gasteiger partial charge in [0, 0.05) is 26.1 Å². The summed E-state index contributed by atoms with van der Waals surface area (Å²) in [6, 6.07) is 9.94. The number of rotatable bonds is 6.